The third kappa shape index (κ3) is 2.03. The van der Waals surface area contributed by atoms with Crippen molar-refractivity contribution in [1.29, 1.82) is 0 Å². The van der Waals surface area contributed by atoms with Crippen LogP contribution >= 0.6 is 0 Å². The lowest BCUT2D eigenvalue weighted by Gasteiger charge is -2.28. The van der Waals surface area contributed by atoms with Gasteiger partial charge in [-0.25, -0.2) is 0 Å². The number of Topliss-reactive ketones (excluding diaryl/α,β-unsaturated/α-hetero) is 1. The maximum Gasteiger partial charge on any atom is 0.150 e. The van der Waals surface area contributed by atoms with Gasteiger partial charge < -0.3 is 0 Å². The van der Waals surface area contributed by atoms with Crippen molar-refractivity contribution in [2.45, 2.75) is 43.4 Å². The first-order valence-corrected chi connectivity index (χ1v) is 7.99. The monoisotopic (exact) mass is 276 g/mol. The number of fused-ring (bicyclic) bond motifs is 1. The van der Waals surface area contributed by atoms with Gasteiger partial charge in [-0.1, -0.05) is 54.6 Å². The molecule has 1 heteroatoms. The number of benzene rings is 2. The Kier molecular flexibility index (Phi) is 2.95. The molecule has 2 aromatic rings. The van der Waals surface area contributed by atoms with Crippen molar-refractivity contribution in [3.05, 3.63) is 71.3 Å². The second-order valence-corrected chi connectivity index (χ2v) is 6.46. The molecule has 1 fully saturated rings. The molecule has 4 rings (SSSR count). The number of carbonyl (C=O) groups excluding carboxylic acids is 1. The van der Waals surface area contributed by atoms with E-state index in [2.05, 4.69) is 48.5 Å². The predicted octanol–water partition coefficient (Wildman–Crippen LogP) is 4.41. The van der Waals surface area contributed by atoms with E-state index < -0.39 is 0 Å². The van der Waals surface area contributed by atoms with Crippen molar-refractivity contribution in [3.8, 4) is 0 Å². The predicted molar refractivity (Wildman–Crippen MR) is 84.5 cm³/mol. The lowest BCUT2D eigenvalue weighted by Crippen LogP contribution is -2.29. The van der Waals surface area contributed by atoms with Gasteiger partial charge in [0.15, 0.2) is 5.78 Å². The van der Waals surface area contributed by atoms with Crippen LogP contribution in [0, 0.1) is 0 Å². The second kappa shape index (κ2) is 4.84. The Hall–Kier alpha value is -1.89. The van der Waals surface area contributed by atoms with Crippen molar-refractivity contribution in [2.24, 2.45) is 0 Å². The molecule has 0 N–H and O–H groups in total. The quantitative estimate of drug-likeness (QED) is 0.811. The molecule has 0 heterocycles. The number of ketones is 1. The highest BCUT2D eigenvalue weighted by atomic mass is 16.1. The van der Waals surface area contributed by atoms with Crippen LogP contribution in [0.15, 0.2) is 54.6 Å². The van der Waals surface area contributed by atoms with Crippen LogP contribution in [0.4, 0.5) is 0 Å². The average Bonchev–Trinajstić information content (AvgIpc) is 3.36. The van der Waals surface area contributed by atoms with Gasteiger partial charge in [0.2, 0.25) is 0 Å². The van der Waals surface area contributed by atoms with Crippen LogP contribution in [0.25, 0.3) is 0 Å². The first-order valence-electron chi connectivity index (χ1n) is 7.99. The lowest BCUT2D eigenvalue weighted by molar-refractivity contribution is -0.123. The summed E-state index contributed by atoms with van der Waals surface area (Å²) in [5.74, 6) is 0.568. The van der Waals surface area contributed by atoms with Gasteiger partial charge in [-0.2, -0.15) is 0 Å². The highest BCUT2D eigenvalue weighted by Crippen LogP contribution is 2.53. The summed E-state index contributed by atoms with van der Waals surface area (Å²) < 4.78 is 0. The molecule has 0 aliphatic heterocycles. The van der Waals surface area contributed by atoms with Crippen LogP contribution in [-0.2, 0) is 16.6 Å². The molecule has 1 nitrogen and oxygen atoms in total. The van der Waals surface area contributed by atoms with Gasteiger partial charge in [-0.15, -0.1) is 0 Å². The normalized spacial score (nSPS) is 22.4. The first-order chi connectivity index (χ1) is 10.3. The number of carbonyl (C=O) groups is 1. The fraction of sp³-hybridized carbons (Fsp3) is 0.350. The van der Waals surface area contributed by atoms with Gasteiger partial charge in [-0.3, -0.25) is 4.79 Å². The van der Waals surface area contributed by atoms with Crippen molar-refractivity contribution >= 4 is 5.78 Å². The van der Waals surface area contributed by atoms with E-state index in [9.17, 15) is 4.79 Å². The number of hydrogen-bond acceptors (Lipinski definition) is 1. The number of hydrogen-bond donors (Lipinski definition) is 0. The molecule has 0 radical (unpaired) electrons. The van der Waals surface area contributed by atoms with Crippen molar-refractivity contribution < 1.29 is 4.79 Å². The Morgan fingerprint density at radius 1 is 0.952 bits per heavy atom. The summed E-state index contributed by atoms with van der Waals surface area (Å²) >= 11 is 0. The molecule has 0 bridgehead atoms. The van der Waals surface area contributed by atoms with Crippen LogP contribution in [0.5, 0.6) is 0 Å². The van der Waals surface area contributed by atoms with E-state index in [1.54, 1.807) is 0 Å². The molecular formula is C20H20O. The lowest BCUT2D eigenvalue weighted by atomic mass is 9.74. The summed E-state index contributed by atoms with van der Waals surface area (Å²) in [5, 5.41) is 0. The van der Waals surface area contributed by atoms with E-state index >= 15 is 0 Å². The van der Waals surface area contributed by atoms with E-state index in [1.807, 2.05) is 6.07 Å². The summed E-state index contributed by atoms with van der Waals surface area (Å²) in [5.41, 5.74) is 3.70. The van der Waals surface area contributed by atoms with Gasteiger partial charge >= 0.3 is 0 Å². The zero-order valence-corrected chi connectivity index (χ0v) is 12.2. The fourth-order valence-electron chi connectivity index (χ4n) is 3.92. The number of aryl methyl sites for hydroxylation is 1. The topological polar surface area (TPSA) is 17.1 Å². The molecule has 0 saturated heterocycles. The molecule has 0 aromatic heterocycles. The molecule has 0 spiro atoms. The molecule has 2 aromatic carbocycles. The molecule has 1 saturated carbocycles. The second-order valence-electron chi connectivity index (χ2n) is 6.46. The number of rotatable bonds is 3. The van der Waals surface area contributed by atoms with E-state index in [0.717, 1.165) is 32.1 Å². The van der Waals surface area contributed by atoms with Crippen molar-refractivity contribution in [1.82, 2.24) is 0 Å². The standard InChI is InChI=1S/C20H20O/c21-19(20(13-14-20)16-9-2-1-3-10-16)18-12-6-8-15-7-4-5-11-17(15)18/h1-5,7,9-11,18H,6,8,12-14H2. The Bertz CT molecular complexity index is 667. The van der Waals surface area contributed by atoms with Gasteiger partial charge in [0, 0.05) is 5.92 Å². The molecular weight excluding hydrogens is 256 g/mol. The van der Waals surface area contributed by atoms with Crippen LogP contribution in [0.1, 0.15) is 48.3 Å². The highest BCUT2D eigenvalue weighted by molar-refractivity contribution is 5.98. The van der Waals surface area contributed by atoms with E-state index in [1.165, 1.54) is 16.7 Å². The molecule has 1 unspecified atom stereocenters. The van der Waals surface area contributed by atoms with E-state index in [4.69, 9.17) is 0 Å². The first kappa shape index (κ1) is 12.8. The van der Waals surface area contributed by atoms with Crippen LogP contribution in [-0.4, -0.2) is 5.78 Å². The Morgan fingerprint density at radius 3 is 2.43 bits per heavy atom. The van der Waals surface area contributed by atoms with E-state index in [-0.39, 0.29) is 11.3 Å². The smallest absolute Gasteiger partial charge is 0.150 e. The van der Waals surface area contributed by atoms with Crippen LogP contribution in [0.3, 0.4) is 0 Å². The minimum atomic E-state index is -0.184. The molecule has 0 amide bonds. The summed E-state index contributed by atoms with van der Waals surface area (Å²) in [6.07, 6.45) is 5.32. The Labute approximate surface area is 126 Å². The zero-order chi connectivity index (χ0) is 14.3. The Balaban J connectivity index is 1.71. The van der Waals surface area contributed by atoms with Crippen molar-refractivity contribution in [3.63, 3.8) is 0 Å². The molecule has 21 heavy (non-hydrogen) atoms. The fourth-order valence-corrected chi connectivity index (χ4v) is 3.92. The molecule has 2 aliphatic rings. The van der Waals surface area contributed by atoms with Crippen molar-refractivity contribution in [2.75, 3.05) is 0 Å². The van der Waals surface area contributed by atoms with E-state index in [0.29, 0.717) is 5.78 Å². The van der Waals surface area contributed by atoms with Gasteiger partial charge in [0.1, 0.15) is 0 Å². The summed E-state index contributed by atoms with van der Waals surface area (Å²) in [4.78, 5) is 13.2. The van der Waals surface area contributed by atoms with Crippen LogP contribution in [0.2, 0.25) is 0 Å². The maximum atomic E-state index is 13.2. The highest BCUT2D eigenvalue weighted by Gasteiger charge is 2.53. The van der Waals surface area contributed by atoms with Gasteiger partial charge in [0.25, 0.3) is 0 Å². The largest absolute Gasteiger partial charge is 0.298 e. The third-order valence-corrected chi connectivity index (χ3v) is 5.23. The molecule has 2 aliphatic carbocycles. The van der Waals surface area contributed by atoms with Gasteiger partial charge in [0.05, 0.1) is 5.41 Å². The third-order valence-electron chi connectivity index (χ3n) is 5.23. The minimum Gasteiger partial charge on any atom is -0.298 e. The van der Waals surface area contributed by atoms with Gasteiger partial charge in [-0.05, 0) is 48.8 Å². The zero-order valence-electron chi connectivity index (χ0n) is 12.2. The summed E-state index contributed by atoms with van der Waals surface area (Å²) in [7, 11) is 0. The summed E-state index contributed by atoms with van der Waals surface area (Å²) in [6, 6.07) is 18.9. The Morgan fingerprint density at radius 2 is 1.67 bits per heavy atom. The average molecular weight is 276 g/mol. The molecule has 1 atom stereocenters. The maximum absolute atomic E-state index is 13.2. The SMILES string of the molecule is O=C(C1CCCc2ccccc21)C1(c2ccccc2)CC1. The minimum absolute atomic E-state index is 0.109. The van der Waals surface area contributed by atoms with Crippen LogP contribution < -0.4 is 0 Å². The molecule has 106 valence electrons. The summed E-state index contributed by atoms with van der Waals surface area (Å²) in [6.45, 7) is 0.